The molecule has 0 spiro atoms. The first kappa shape index (κ1) is 21.2. The molecule has 0 aliphatic carbocycles. The minimum Gasteiger partial charge on any atom is -0.461 e. The molecule has 2 aromatic heterocycles. The van der Waals surface area contributed by atoms with E-state index in [-0.39, 0.29) is 24.7 Å². The van der Waals surface area contributed by atoms with Gasteiger partial charge in [0.2, 0.25) is 5.91 Å². The first-order valence-corrected chi connectivity index (χ1v) is 11.3. The average molecular weight is 442 g/mol. The zero-order valence-electron chi connectivity index (χ0n) is 18.8. The SMILES string of the molecule is C[C@@H]1CN(C(=O)Cn2c(-c3ccco3)nc(-c3ccccc3)c2-c2ccccc2)C[C@H](C)O1. The van der Waals surface area contributed by atoms with Gasteiger partial charge in [0.15, 0.2) is 11.6 Å². The molecule has 3 heterocycles. The molecule has 2 aromatic carbocycles. The number of carbonyl (C=O) groups excluding carboxylic acids is 1. The van der Waals surface area contributed by atoms with Gasteiger partial charge in [-0.3, -0.25) is 4.79 Å². The van der Waals surface area contributed by atoms with Gasteiger partial charge in [-0.15, -0.1) is 0 Å². The van der Waals surface area contributed by atoms with Gasteiger partial charge < -0.3 is 18.6 Å². The van der Waals surface area contributed by atoms with Gasteiger partial charge in [-0.2, -0.15) is 0 Å². The van der Waals surface area contributed by atoms with E-state index in [1.54, 1.807) is 6.26 Å². The Labute approximate surface area is 193 Å². The number of morpholine rings is 1. The molecule has 0 bridgehead atoms. The molecule has 6 nitrogen and oxygen atoms in total. The molecule has 1 amide bonds. The van der Waals surface area contributed by atoms with Crippen molar-refractivity contribution >= 4 is 5.91 Å². The van der Waals surface area contributed by atoms with Crippen molar-refractivity contribution in [1.82, 2.24) is 14.5 Å². The molecular weight excluding hydrogens is 414 g/mol. The number of amides is 1. The fourth-order valence-corrected chi connectivity index (χ4v) is 4.50. The topological polar surface area (TPSA) is 60.5 Å². The maximum atomic E-state index is 13.5. The normalized spacial score (nSPS) is 18.4. The minimum absolute atomic E-state index is 0.0125. The molecule has 0 radical (unpaired) electrons. The summed E-state index contributed by atoms with van der Waals surface area (Å²) in [6, 6.07) is 23.9. The quantitative estimate of drug-likeness (QED) is 0.432. The molecule has 33 heavy (non-hydrogen) atoms. The number of ether oxygens (including phenoxy) is 1. The Balaban J connectivity index is 1.65. The van der Waals surface area contributed by atoms with E-state index in [0.29, 0.717) is 24.7 Å². The number of furan rings is 1. The van der Waals surface area contributed by atoms with Crippen LogP contribution in [0.2, 0.25) is 0 Å². The fraction of sp³-hybridized carbons (Fsp3) is 0.259. The third kappa shape index (κ3) is 4.34. The second-order valence-electron chi connectivity index (χ2n) is 8.48. The van der Waals surface area contributed by atoms with Crippen LogP contribution in [0.4, 0.5) is 0 Å². The van der Waals surface area contributed by atoms with Crippen LogP contribution in [0, 0.1) is 0 Å². The lowest BCUT2D eigenvalue weighted by Gasteiger charge is -2.35. The van der Waals surface area contributed by atoms with E-state index in [2.05, 4.69) is 12.1 Å². The number of carbonyl (C=O) groups is 1. The summed E-state index contributed by atoms with van der Waals surface area (Å²) in [5.41, 5.74) is 3.71. The standard InChI is InChI=1S/C27H27N3O3/c1-19-16-29(17-20(2)33-19)24(31)18-30-26(22-12-7-4-8-13-22)25(21-10-5-3-6-11-21)28-27(30)23-14-9-15-32-23/h3-15,19-20H,16-18H2,1-2H3/t19-,20+. The first-order chi connectivity index (χ1) is 16.1. The number of hydrogen-bond donors (Lipinski definition) is 0. The van der Waals surface area contributed by atoms with E-state index >= 15 is 0 Å². The number of rotatable bonds is 5. The molecule has 0 N–H and O–H groups in total. The van der Waals surface area contributed by atoms with Gasteiger partial charge >= 0.3 is 0 Å². The third-order valence-electron chi connectivity index (χ3n) is 5.87. The summed E-state index contributed by atoms with van der Waals surface area (Å²) in [7, 11) is 0. The smallest absolute Gasteiger partial charge is 0.242 e. The van der Waals surface area contributed by atoms with Crippen molar-refractivity contribution in [3.05, 3.63) is 79.1 Å². The monoisotopic (exact) mass is 441 g/mol. The van der Waals surface area contributed by atoms with Gasteiger partial charge in [0.25, 0.3) is 0 Å². The van der Waals surface area contributed by atoms with Crippen LogP contribution in [-0.4, -0.2) is 45.7 Å². The highest BCUT2D eigenvalue weighted by molar-refractivity contribution is 5.84. The van der Waals surface area contributed by atoms with E-state index in [4.69, 9.17) is 14.1 Å². The van der Waals surface area contributed by atoms with Crippen LogP contribution in [0.5, 0.6) is 0 Å². The lowest BCUT2D eigenvalue weighted by molar-refractivity contribution is -0.143. The van der Waals surface area contributed by atoms with Crippen molar-refractivity contribution in [2.45, 2.75) is 32.6 Å². The number of imidazole rings is 1. The van der Waals surface area contributed by atoms with Crippen molar-refractivity contribution in [3.8, 4) is 34.1 Å². The molecule has 6 heteroatoms. The predicted molar refractivity (Wildman–Crippen MR) is 127 cm³/mol. The van der Waals surface area contributed by atoms with Gasteiger partial charge in [0, 0.05) is 24.2 Å². The van der Waals surface area contributed by atoms with E-state index in [9.17, 15) is 4.79 Å². The van der Waals surface area contributed by atoms with E-state index < -0.39 is 0 Å². The molecule has 1 saturated heterocycles. The summed E-state index contributed by atoms with van der Waals surface area (Å²) in [5, 5.41) is 0. The highest BCUT2D eigenvalue weighted by Gasteiger charge is 2.29. The molecule has 1 fully saturated rings. The van der Waals surface area contributed by atoms with Gasteiger partial charge in [-0.25, -0.2) is 4.98 Å². The molecule has 1 aliphatic rings. The van der Waals surface area contributed by atoms with Crippen molar-refractivity contribution in [3.63, 3.8) is 0 Å². The maximum Gasteiger partial charge on any atom is 0.242 e. The summed E-state index contributed by atoms with van der Waals surface area (Å²) in [6.45, 7) is 5.34. The zero-order chi connectivity index (χ0) is 22.8. The van der Waals surface area contributed by atoms with E-state index in [1.807, 2.05) is 84.0 Å². The number of benzene rings is 2. The van der Waals surface area contributed by atoms with Crippen LogP contribution in [-0.2, 0) is 16.1 Å². The van der Waals surface area contributed by atoms with Crippen molar-refractivity contribution < 1.29 is 13.9 Å². The Hall–Kier alpha value is -3.64. The van der Waals surface area contributed by atoms with E-state index in [1.165, 1.54) is 0 Å². The first-order valence-electron chi connectivity index (χ1n) is 11.3. The Morgan fingerprint density at radius 2 is 1.55 bits per heavy atom. The van der Waals surface area contributed by atoms with Crippen LogP contribution < -0.4 is 0 Å². The number of hydrogen-bond acceptors (Lipinski definition) is 4. The summed E-state index contributed by atoms with van der Waals surface area (Å²) in [4.78, 5) is 20.4. The predicted octanol–water partition coefficient (Wildman–Crippen LogP) is 5.11. The van der Waals surface area contributed by atoms with Crippen molar-refractivity contribution in [1.29, 1.82) is 0 Å². The molecule has 0 saturated carbocycles. The lowest BCUT2D eigenvalue weighted by atomic mass is 10.0. The average Bonchev–Trinajstić information content (AvgIpc) is 3.48. The fourth-order valence-electron chi connectivity index (χ4n) is 4.50. The highest BCUT2D eigenvalue weighted by Crippen LogP contribution is 2.36. The molecule has 4 aromatic rings. The summed E-state index contributed by atoms with van der Waals surface area (Å²) in [6.07, 6.45) is 1.66. The number of nitrogens with zero attached hydrogens (tertiary/aromatic N) is 3. The van der Waals surface area contributed by atoms with Gasteiger partial charge in [-0.1, -0.05) is 60.7 Å². The van der Waals surface area contributed by atoms with E-state index in [0.717, 1.165) is 22.5 Å². The maximum absolute atomic E-state index is 13.5. The molecular formula is C27H27N3O3. The van der Waals surface area contributed by atoms with Crippen LogP contribution in [0.1, 0.15) is 13.8 Å². The van der Waals surface area contributed by atoms with Crippen LogP contribution in [0.25, 0.3) is 34.1 Å². The van der Waals surface area contributed by atoms with Gasteiger partial charge in [0.1, 0.15) is 6.54 Å². The Bertz CT molecular complexity index is 1210. The molecule has 168 valence electrons. The largest absolute Gasteiger partial charge is 0.461 e. The number of aromatic nitrogens is 2. The summed E-state index contributed by atoms with van der Waals surface area (Å²) >= 11 is 0. The van der Waals surface area contributed by atoms with Crippen LogP contribution in [0.3, 0.4) is 0 Å². The minimum atomic E-state index is 0.0125. The Kier molecular flexibility index (Phi) is 5.84. The Morgan fingerprint density at radius 1 is 0.909 bits per heavy atom. The Morgan fingerprint density at radius 3 is 2.15 bits per heavy atom. The van der Waals surface area contributed by atoms with Crippen LogP contribution in [0.15, 0.2) is 83.5 Å². The molecule has 1 aliphatic heterocycles. The molecule has 5 rings (SSSR count). The van der Waals surface area contributed by atoms with Crippen molar-refractivity contribution in [2.75, 3.05) is 13.1 Å². The second-order valence-corrected chi connectivity index (χ2v) is 8.48. The second kappa shape index (κ2) is 9.08. The molecule has 2 atom stereocenters. The van der Waals surface area contributed by atoms with Crippen molar-refractivity contribution in [2.24, 2.45) is 0 Å². The zero-order valence-corrected chi connectivity index (χ0v) is 18.8. The van der Waals surface area contributed by atoms with Gasteiger partial charge in [0.05, 0.1) is 29.9 Å². The van der Waals surface area contributed by atoms with Gasteiger partial charge in [-0.05, 0) is 26.0 Å². The van der Waals surface area contributed by atoms with Crippen LogP contribution >= 0.6 is 0 Å². The molecule has 0 unspecified atom stereocenters. The summed E-state index contributed by atoms with van der Waals surface area (Å²) in [5.74, 6) is 1.31. The highest BCUT2D eigenvalue weighted by atomic mass is 16.5. The lowest BCUT2D eigenvalue weighted by Crippen LogP contribution is -2.49. The third-order valence-corrected chi connectivity index (χ3v) is 5.87. The summed E-state index contributed by atoms with van der Waals surface area (Å²) < 4.78 is 13.5.